The maximum atomic E-state index is 12.8. The zero-order valence-corrected chi connectivity index (χ0v) is 5.55. The number of H-pyrrole nitrogens is 1. The van der Waals surface area contributed by atoms with E-state index in [1.807, 2.05) is 0 Å². The molecule has 1 rings (SSSR count). The summed E-state index contributed by atoms with van der Waals surface area (Å²) in [6, 6.07) is 3.40. The van der Waals surface area contributed by atoms with Gasteiger partial charge in [-0.2, -0.15) is 0 Å². The molecule has 0 saturated carbocycles. The molecule has 1 aromatic rings. The van der Waals surface area contributed by atoms with Crippen LogP contribution in [0, 0.1) is 0 Å². The Kier molecular flexibility index (Phi) is 2.45. The van der Waals surface area contributed by atoms with Crippen LogP contribution in [0.5, 0.6) is 0 Å². The minimum atomic E-state index is -1.06. The molecule has 1 heterocycles. The maximum Gasteiger partial charge on any atom is 0.142 e. The molecule has 0 amide bonds. The van der Waals surface area contributed by atoms with Crippen LogP contribution in [-0.4, -0.2) is 16.7 Å². The molecule has 10 heavy (non-hydrogen) atoms. The molecule has 56 valence electrons. The lowest BCUT2D eigenvalue weighted by Gasteiger charge is -2.01. The van der Waals surface area contributed by atoms with Crippen LogP contribution in [0.3, 0.4) is 0 Å². The van der Waals surface area contributed by atoms with Gasteiger partial charge < -0.3 is 10.1 Å². The van der Waals surface area contributed by atoms with Crippen molar-refractivity contribution in [3.05, 3.63) is 24.0 Å². The summed E-state index contributed by atoms with van der Waals surface area (Å²) in [7, 11) is 0. The number of aliphatic hydroxyl groups excluding tert-OH is 1. The van der Waals surface area contributed by atoms with Crippen LogP contribution in [0.1, 0.15) is 18.3 Å². The third kappa shape index (κ3) is 1.57. The van der Waals surface area contributed by atoms with E-state index in [1.54, 1.807) is 18.3 Å². The molecule has 0 aliphatic heterocycles. The highest BCUT2D eigenvalue weighted by molar-refractivity contribution is 5.06. The number of aliphatic hydroxyl groups is 1. The van der Waals surface area contributed by atoms with Gasteiger partial charge in [0, 0.05) is 24.9 Å². The third-order valence-corrected chi connectivity index (χ3v) is 1.34. The van der Waals surface area contributed by atoms with Crippen molar-refractivity contribution in [2.45, 2.75) is 12.6 Å². The van der Waals surface area contributed by atoms with E-state index in [2.05, 4.69) is 4.98 Å². The number of alkyl halides is 1. The SMILES string of the molecule is OCCC(F)c1ccc[nH]1. The van der Waals surface area contributed by atoms with Crippen molar-refractivity contribution in [3.63, 3.8) is 0 Å². The fourth-order valence-corrected chi connectivity index (χ4v) is 0.808. The maximum absolute atomic E-state index is 12.8. The van der Waals surface area contributed by atoms with Crippen molar-refractivity contribution in [1.29, 1.82) is 0 Å². The van der Waals surface area contributed by atoms with Crippen LogP contribution in [0.4, 0.5) is 4.39 Å². The van der Waals surface area contributed by atoms with Gasteiger partial charge in [0.2, 0.25) is 0 Å². The number of halogens is 1. The second-order valence-corrected chi connectivity index (χ2v) is 2.11. The smallest absolute Gasteiger partial charge is 0.142 e. The second kappa shape index (κ2) is 3.37. The van der Waals surface area contributed by atoms with Gasteiger partial charge >= 0.3 is 0 Å². The van der Waals surface area contributed by atoms with Crippen molar-refractivity contribution in [3.8, 4) is 0 Å². The van der Waals surface area contributed by atoms with Gasteiger partial charge in [0.15, 0.2) is 0 Å². The Morgan fingerprint density at radius 3 is 3.00 bits per heavy atom. The minimum Gasteiger partial charge on any atom is -0.396 e. The van der Waals surface area contributed by atoms with Gasteiger partial charge in [0.25, 0.3) is 0 Å². The Morgan fingerprint density at radius 2 is 2.50 bits per heavy atom. The van der Waals surface area contributed by atoms with Crippen LogP contribution in [0.2, 0.25) is 0 Å². The average molecular weight is 143 g/mol. The quantitative estimate of drug-likeness (QED) is 0.659. The molecular weight excluding hydrogens is 133 g/mol. The molecule has 0 radical (unpaired) electrons. The summed E-state index contributed by atoms with van der Waals surface area (Å²) in [5.41, 5.74) is 0.536. The monoisotopic (exact) mass is 143 g/mol. The summed E-state index contributed by atoms with van der Waals surface area (Å²) in [6.07, 6.45) is 0.778. The molecule has 2 N–H and O–H groups in total. The average Bonchev–Trinajstić information content (AvgIpc) is 2.38. The lowest BCUT2D eigenvalue weighted by molar-refractivity contribution is 0.219. The van der Waals surface area contributed by atoms with Crippen LogP contribution in [0.15, 0.2) is 18.3 Å². The van der Waals surface area contributed by atoms with E-state index in [0.29, 0.717) is 5.69 Å². The second-order valence-electron chi connectivity index (χ2n) is 2.11. The highest BCUT2D eigenvalue weighted by atomic mass is 19.1. The standard InChI is InChI=1S/C7H10FNO/c8-6(3-5-10)7-2-1-4-9-7/h1-2,4,6,9-10H,3,5H2. The van der Waals surface area contributed by atoms with E-state index >= 15 is 0 Å². The van der Waals surface area contributed by atoms with E-state index in [0.717, 1.165) is 0 Å². The van der Waals surface area contributed by atoms with Crippen molar-refractivity contribution >= 4 is 0 Å². The Morgan fingerprint density at radius 1 is 1.70 bits per heavy atom. The van der Waals surface area contributed by atoms with Gasteiger partial charge in [0.1, 0.15) is 6.17 Å². The molecule has 0 aromatic carbocycles. The lowest BCUT2D eigenvalue weighted by Crippen LogP contribution is -1.94. The molecular formula is C7H10FNO. The summed E-state index contributed by atoms with van der Waals surface area (Å²) in [5.74, 6) is 0. The largest absolute Gasteiger partial charge is 0.396 e. The normalized spacial score (nSPS) is 13.4. The Hall–Kier alpha value is -0.830. The molecule has 0 bridgehead atoms. The van der Waals surface area contributed by atoms with Gasteiger partial charge in [0.05, 0.1) is 0 Å². The van der Waals surface area contributed by atoms with E-state index < -0.39 is 6.17 Å². The fraction of sp³-hybridized carbons (Fsp3) is 0.429. The first-order valence-corrected chi connectivity index (χ1v) is 3.23. The minimum absolute atomic E-state index is 0.111. The Labute approximate surface area is 58.7 Å². The van der Waals surface area contributed by atoms with E-state index in [4.69, 9.17) is 5.11 Å². The summed E-state index contributed by atoms with van der Waals surface area (Å²) in [5, 5.41) is 8.38. The number of rotatable bonds is 3. The molecule has 0 aliphatic carbocycles. The van der Waals surface area contributed by atoms with Crippen molar-refractivity contribution in [2.24, 2.45) is 0 Å². The molecule has 1 aromatic heterocycles. The first-order valence-electron chi connectivity index (χ1n) is 3.23. The number of aromatic nitrogens is 1. The highest BCUT2D eigenvalue weighted by Gasteiger charge is 2.07. The number of aromatic amines is 1. The van der Waals surface area contributed by atoms with E-state index in [1.165, 1.54) is 0 Å². The van der Waals surface area contributed by atoms with Crippen molar-refractivity contribution in [2.75, 3.05) is 6.61 Å². The molecule has 2 nitrogen and oxygen atoms in total. The molecule has 0 saturated heterocycles. The fourth-order valence-electron chi connectivity index (χ4n) is 0.808. The van der Waals surface area contributed by atoms with Crippen molar-refractivity contribution in [1.82, 2.24) is 4.98 Å². The molecule has 1 atom stereocenters. The molecule has 3 heteroatoms. The first-order chi connectivity index (χ1) is 4.84. The molecule has 0 fully saturated rings. The predicted molar refractivity (Wildman–Crippen MR) is 36.3 cm³/mol. The van der Waals surface area contributed by atoms with Crippen LogP contribution in [0.25, 0.3) is 0 Å². The zero-order chi connectivity index (χ0) is 7.40. The first kappa shape index (κ1) is 7.28. The van der Waals surface area contributed by atoms with Gasteiger partial charge in [-0.15, -0.1) is 0 Å². The van der Waals surface area contributed by atoms with Gasteiger partial charge in [-0.1, -0.05) is 0 Å². The lowest BCUT2D eigenvalue weighted by atomic mass is 10.2. The van der Waals surface area contributed by atoms with E-state index in [-0.39, 0.29) is 13.0 Å². The number of hydrogen-bond acceptors (Lipinski definition) is 1. The number of hydrogen-bond donors (Lipinski definition) is 2. The van der Waals surface area contributed by atoms with Gasteiger partial charge in [-0.3, -0.25) is 0 Å². The van der Waals surface area contributed by atoms with Crippen LogP contribution < -0.4 is 0 Å². The predicted octanol–water partition coefficient (Wildman–Crippen LogP) is 1.41. The van der Waals surface area contributed by atoms with E-state index in [9.17, 15) is 4.39 Å². The highest BCUT2D eigenvalue weighted by Crippen LogP contribution is 2.17. The molecule has 0 aliphatic rings. The number of nitrogens with one attached hydrogen (secondary N) is 1. The summed E-state index contributed by atoms with van der Waals surface area (Å²) >= 11 is 0. The zero-order valence-electron chi connectivity index (χ0n) is 5.55. The third-order valence-electron chi connectivity index (χ3n) is 1.34. The summed E-state index contributed by atoms with van der Waals surface area (Å²) in [4.78, 5) is 2.74. The topological polar surface area (TPSA) is 36.0 Å². The molecule has 0 spiro atoms. The van der Waals surface area contributed by atoms with Crippen LogP contribution in [-0.2, 0) is 0 Å². The van der Waals surface area contributed by atoms with Gasteiger partial charge in [-0.05, 0) is 12.1 Å². The summed E-state index contributed by atoms with van der Waals surface area (Å²) in [6.45, 7) is -0.111. The van der Waals surface area contributed by atoms with Crippen molar-refractivity contribution < 1.29 is 9.50 Å². The summed E-state index contributed by atoms with van der Waals surface area (Å²) < 4.78 is 12.8. The van der Waals surface area contributed by atoms with Gasteiger partial charge in [-0.25, -0.2) is 4.39 Å². The Balaban J connectivity index is 2.50. The Bertz CT molecular complexity index is 174. The van der Waals surface area contributed by atoms with Crippen LogP contribution >= 0.6 is 0 Å². The molecule has 1 unspecified atom stereocenters.